The average Bonchev–Trinajstić information content (AvgIpc) is 2.75. The van der Waals surface area contributed by atoms with Gasteiger partial charge in [0, 0.05) is 17.1 Å². The van der Waals surface area contributed by atoms with E-state index in [-0.39, 0.29) is 5.54 Å². The van der Waals surface area contributed by atoms with E-state index in [4.69, 9.17) is 0 Å². The molecule has 1 aromatic rings. The molecule has 1 aliphatic carbocycles. The van der Waals surface area contributed by atoms with Crippen molar-refractivity contribution in [3.8, 4) is 0 Å². The van der Waals surface area contributed by atoms with Crippen molar-refractivity contribution < 1.29 is 0 Å². The Morgan fingerprint density at radius 1 is 1.40 bits per heavy atom. The van der Waals surface area contributed by atoms with Crippen molar-refractivity contribution in [1.29, 1.82) is 0 Å². The molecule has 0 bridgehead atoms. The lowest BCUT2D eigenvalue weighted by molar-refractivity contribution is 0.341. The number of rotatable bonds is 3. The molecule has 0 spiro atoms. The first-order valence-electron chi connectivity index (χ1n) is 5.78. The van der Waals surface area contributed by atoms with Gasteiger partial charge in [0.15, 0.2) is 0 Å². The van der Waals surface area contributed by atoms with E-state index in [1.165, 1.54) is 35.6 Å². The third-order valence-electron chi connectivity index (χ3n) is 3.08. The number of nitrogens with zero attached hydrogens (tertiary/aromatic N) is 1. The highest BCUT2D eigenvalue weighted by atomic mass is 32.1. The predicted molar refractivity (Wildman–Crippen MR) is 65.3 cm³/mol. The van der Waals surface area contributed by atoms with Crippen molar-refractivity contribution in [2.24, 2.45) is 0 Å². The fourth-order valence-electron chi connectivity index (χ4n) is 2.29. The highest BCUT2D eigenvalue weighted by molar-refractivity contribution is 7.11. The summed E-state index contributed by atoms with van der Waals surface area (Å²) < 4.78 is 0. The van der Waals surface area contributed by atoms with Crippen LogP contribution in [-0.4, -0.2) is 11.0 Å². The maximum Gasteiger partial charge on any atom is 0.112 e. The second-order valence-corrected chi connectivity index (χ2v) is 6.26. The van der Waals surface area contributed by atoms with Crippen LogP contribution in [0.4, 0.5) is 0 Å². The standard InChI is InChI=1S/C12H20N2S/c1-9-8-13-11(15-9)12(2,3)14-10-6-4-5-7-10/h8,10,14H,4-7H2,1-3H3. The lowest BCUT2D eigenvalue weighted by atomic mass is 10.0. The van der Waals surface area contributed by atoms with Crippen LogP contribution < -0.4 is 5.32 Å². The van der Waals surface area contributed by atoms with Crippen molar-refractivity contribution in [2.75, 3.05) is 0 Å². The van der Waals surface area contributed by atoms with Crippen LogP contribution in [0.5, 0.6) is 0 Å². The zero-order valence-corrected chi connectivity index (χ0v) is 10.7. The molecule has 0 amide bonds. The molecule has 0 aromatic carbocycles. The van der Waals surface area contributed by atoms with E-state index in [0.29, 0.717) is 6.04 Å². The number of nitrogens with one attached hydrogen (secondary N) is 1. The number of thiazole rings is 1. The van der Waals surface area contributed by atoms with Crippen LogP contribution in [0.25, 0.3) is 0 Å². The Bertz CT molecular complexity index is 324. The maximum atomic E-state index is 4.49. The van der Waals surface area contributed by atoms with Crippen LogP contribution in [-0.2, 0) is 5.54 Å². The summed E-state index contributed by atoms with van der Waals surface area (Å²) in [5, 5.41) is 4.95. The van der Waals surface area contributed by atoms with Crippen molar-refractivity contribution in [2.45, 2.75) is 58.0 Å². The lowest BCUT2D eigenvalue weighted by Crippen LogP contribution is -2.42. The van der Waals surface area contributed by atoms with Crippen LogP contribution in [0.3, 0.4) is 0 Å². The zero-order chi connectivity index (χ0) is 10.9. The summed E-state index contributed by atoms with van der Waals surface area (Å²) in [6.45, 7) is 6.60. The Kier molecular flexibility index (Phi) is 3.12. The lowest BCUT2D eigenvalue weighted by Gasteiger charge is -2.28. The van der Waals surface area contributed by atoms with Crippen LogP contribution in [0.15, 0.2) is 6.20 Å². The van der Waals surface area contributed by atoms with Gasteiger partial charge in [-0.05, 0) is 33.6 Å². The summed E-state index contributed by atoms with van der Waals surface area (Å²) in [6, 6.07) is 0.698. The second kappa shape index (κ2) is 4.22. The minimum absolute atomic E-state index is 0.0356. The summed E-state index contributed by atoms with van der Waals surface area (Å²) in [6.07, 6.45) is 7.38. The minimum atomic E-state index is 0.0356. The number of hydrogen-bond acceptors (Lipinski definition) is 3. The van der Waals surface area contributed by atoms with Crippen molar-refractivity contribution in [3.05, 3.63) is 16.1 Å². The van der Waals surface area contributed by atoms with Gasteiger partial charge in [-0.1, -0.05) is 12.8 Å². The quantitative estimate of drug-likeness (QED) is 0.852. The Labute approximate surface area is 96.1 Å². The molecule has 1 heterocycles. The first-order chi connectivity index (χ1) is 7.08. The molecule has 2 rings (SSSR count). The van der Waals surface area contributed by atoms with Crippen LogP contribution >= 0.6 is 11.3 Å². The molecule has 0 unspecified atom stereocenters. The van der Waals surface area contributed by atoms with Gasteiger partial charge in [0.05, 0.1) is 5.54 Å². The van der Waals surface area contributed by atoms with E-state index < -0.39 is 0 Å². The molecule has 84 valence electrons. The second-order valence-electron chi connectivity index (χ2n) is 5.03. The third kappa shape index (κ3) is 2.58. The van der Waals surface area contributed by atoms with Gasteiger partial charge >= 0.3 is 0 Å². The number of aromatic nitrogens is 1. The number of aryl methyl sites for hydroxylation is 1. The largest absolute Gasteiger partial charge is 0.303 e. The van der Waals surface area contributed by atoms with Gasteiger partial charge in [-0.3, -0.25) is 0 Å². The van der Waals surface area contributed by atoms with Gasteiger partial charge in [0.25, 0.3) is 0 Å². The monoisotopic (exact) mass is 224 g/mol. The molecule has 0 radical (unpaired) electrons. The average molecular weight is 224 g/mol. The van der Waals surface area contributed by atoms with E-state index in [9.17, 15) is 0 Å². The SMILES string of the molecule is Cc1cnc(C(C)(C)NC2CCCC2)s1. The molecule has 1 saturated carbocycles. The topological polar surface area (TPSA) is 24.9 Å². The first-order valence-corrected chi connectivity index (χ1v) is 6.60. The molecule has 1 fully saturated rings. The Balaban J connectivity index is 2.05. The van der Waals surface area contributed by atoms with Crippen LogP contribution in [0, 0.1) is 6.92 Å². The van der Waals surface area contributed by atoms with Gasteiger partial charge in [-0.25, -0.2) is 4.98 Å². The van der Waals surface area contributed by atoms with E-state index in [1.807, 2.05) is 6.20 Å². The fourth-order valence-corrected chi connectivity index (χ4v) is 3.12. The first kappa shape index (κ1) is 11.1. The van der Waals surface area contributed by atoms with Crippen LogP contribution in [0.2, 0.25) is 0 Å². The summed E-state index contributed by atoms with van der Waals surface area (Å²) in [5.41, 5.74) is 0.0356. The number of hydrogen-bond donors (Lipinski definition) is 1. The predicted octanol–water partition coefficient (Wildman–Crippen LogP) is 3.22. The van der Waals surface area contributed by atoms with Crippen molar-refractivity contribution in [3.63, 3.8) is 0 Å². The molecular formula is C12H20N2S. The molecule has 3 heteroatoms. The van der Waals surface area contributed by atoms with Crippen molar-refractivity contribution in [1.82, 2.24) is 10.3 Å². The van der Waals surface area contributed by atoms with E-state index in [0.717, 1.165) is 0 Å². The summed E-state index contributed by atoms with van der Waals surface area (Å²) >= 11 is 1.80. The van der Waals surface area contributed by atoms with Gasteiger partial charge in [0.1, 0.15) is 5.01 Å². The molecule has 1 aliphatic rings. The molecule has 15 heavy (non-hydrogen) atoms. The molecule has 1 aromatic heterocycles. The van der Waals surface area contributed by atoms with Gasteiger partial charge in [-0.2, -0.15) is 0 Å². The Hall–Kier alpha value is -0.410. The van der Waals surface area contributed by atoms with Gasteiger partial charge in [-0.15, -0.1) is 11.3 Å². The highest BCUT2D eigenvalue weighted by Gasteiger charge is 2.28. The fraction of sp³-hybridized carbons (Fsp3) is 0.750. The molecule has 1 N–H and O–H groups in total. The molecule has 0 atom stereocenters. The zero-order valence-electron chi connectivity index (χ0n) is 9.84. The van der Waals surface area contributed by atoms with E-state index in [1.54, 1.807) is 11.3 Å². The normalized spacial score (nSPS) is 18.6. The summed E-state index contributed by atoms with van der Waals surface area (Å²) in [4.78, 5) is 5.78. The molecule has 2 nitrogen and oxygen atoms in total. The molecule has 0 saturated heterocycles. The van der Waals surface area contributed by atoms with Crippen molar-refractivity contribution >= 4 is 11.3 Å². The van der Waals surface area contributed by atoms with Crippen LogP contribution in [0.1, 0.15) is 49.4 Å². The smallest absolute Gasteiger partial charge is 0.112 e. The summed E-state index contributed by atoms with van der Waals surface area (Å²) in [5.74, 6) is 0. The van der Waals surface area contributed by atoms with Gasteiger partial charge in [0.2, 0.25) is 0 Å². The Morgan fingerprint density at radius 2 is 2.07 bits per heavy atom. The molecular weight excluding hydrogens is 204 g/mol. The van der Waals surface area contributed by atoms with E-state index in [2.05, 4.69) is 31.1 Å². The van der Waals surface area contributed by atoms with E-state index >= 15 is 0 Å². The van der Waals surface area contributed by atoms with Gasteiger partial charge < -0.3 is 5.32 Å². The summed E-state index contributed by atoms with van der Waals surface area (Å²) in [7, 11) is 0. The maximum absolute atomic E-state index is 4.49. The Morgan fingerprint density at radius 3 is 2.60 bits per heavy atom. The highest BCUT2D eigenvalue weighted by Crippen LogP contribution is 2.28. The third-order valence-corrected chi connectivity index (χ3v) is 4.31. The molecule has 0 aliphatic heterocycles. The minimum Gasteiger partial charge on any atom is -0.303 e.